The van der Waals surface area contributed by atoms with E-state index in [2.05, 4.69) is 10.3 Å². The smallest absolute Gasteiger partial charge is 0.349 e. The van der Waals surface area contributed by atoms with Crippen molar-refractivity contribution in [1.82, 2.24) is 4.98 Å². The molecular formula is C19H10ClN3O5S. The highest BCUT2D eigenvalue weighted by Crippen LogP contribution is 2.26. The molecule has 0 saturated heterocycles. The third-order valence-corrected chi connectivity index (χ3v) is 5.05. The van der Waals surface area contributed by atoms with E-state index in [-0.39, 0.29) is 22.2 Å². The van der Waals surface area contributed by atoms with E-state index >= 15 is 0 Å². The molecule has 0 unspecified atom stereocenters. The van der Waals surface area contributed by atoms with Crippen LogP contribution in [0.3, 0.4) is 0 Å². The predicted octanol–water partition coefficient (Wildman–Crippen LogP) is 4.73. The van der Waals surface area contributed by atoms with Gasteiger partial charge in [-0.2, -0.15) is 0 Å². The Morgan fingerprint density at radius 2 is 1.93 bits per heavy atom. The largest absolute Gasteiger partial charge is 0.422 e. The van der Waals surface area contributed by atoms with Crippen molar-refractivity contribution in [2.45, 2.75) is 0 Å². The number of carbonyl (C=O) groups is 1. The Morgan fingerprint density at radius 1 is 1.17 bits per heavy atom. The Hall–Kier alpha value is -3.56. The molecule has 0 radical (unpaired) electrons. The van der Waals surface area contributed by atoms with Crippen molar-refractivity contribution < 1.29 is 14.1 Å². The Kier molecular flexibility index (Phi) is 4.83. The Bertz CT molecular complexity index is 1310. The molecule has 0 bridgehead atoms. The maximum absolute atomic E-state index is 12.5. The fraction of sp³-hybridized carbons (Fsp3) is 0. The SMILES string of the molecule is O=C(Nc1nc(-c2ccc(Cl)cc2)cs1)c1cc2cc([N+](=O)[O-])ccc2oc1=O. The topological polar surface area (TPSA) is 115 Å². The zero-order valence-corrected chi connectivity index (χ0v) is 16.0. The maximum Gasteiger partial charge on any atom is 0.349 e. The van der Waals surface area contributed by atoms with Crippen LogP contribution in [0.15, 0.2) is 63.1 Å². The average molecular weight is 428 g/mol. The van der Waals surface area contributed by atoms with Gasteiger partial charge in [0.2, 0.25) is 0 Å². The predicted molar refractivity (Wildman–Crippen MR) is 110 cm³/mol. The van der Waals surface area contributed by atoms with Gasteiger partial charge in [0.25, 0.3) is 11.6 Å². The quantitative estimate of drug-likeness (QED) is 0.286. The summed E-state index contributed by atoms with van der Waals surface area (Å²) in [5.41, 5.74) is 0.313. The van der Waals surface area contributed by atoms with Crippen molar-refractivity contribution in [1.29, 1.82) is 0 Å². The molecule has 0 aliphatic heterocycles. The van der Waals surface area contributed by atoms with Crippen molar-refractivity contribution in [3.05, 3.63) is 85.0 Å². The molecule has 1 N–H and O–H groups in total. The summed E-state index contributed by atoms with van der Waals surface area (Å²) < 4.78 is 5.10. The summed E-state index contributed by atoms with van der Waals surface area (Å²) in [6, 6.07) is 12.1. The van der Waals surface area contributed by atoms with Crippen LogP contribution in [-0.4, -0.2) is 15.8 Å². The van der Waals surface area contributed by atoms with E-state index in [0.717, 1.165) is 5.56 Å². The van der Waals surface area contributed by atoms with Crippen molar-refractivity contribution in [3.63, 3.8) is 0 Å². The molecule has 29 heavy (non-hydrogen) atoms. The first-order chi connectivity index (χ1) is 13.9. The number of nitrogens with one attached hydrogen (secondary N) is 1. The zero-order chi connectivity index (χ0) is 20.5. The molecule has 0 spiro atoms. The van der Waals surface area contributed by atoms with E-state index in [1.165, 1.54) is 35.6 Å². The van der Waals surface area contributed by atoms with E-state index < -0.39 is 16.5 Å². The summed E-state index contributed by atoms with van der Waals surface area (Å²) >= 11 is 7.06. The summed E-state index contributed by atoms with van der Waals surface area (Å²) in [5, 5.41) is 16.4. The Morgan fingerprint density at radius 3 is 2.66 bits per heavy atom. The number of aromatic nitrogens is 1. The molecule has 0 aliphatic rings. The normalized spacial score (nSPS) is 10.8. The molecule has 4 aromatic rings. The van der Waals surface area contributed by atoms with Crippen LogP contribution in [0.2, 0.25) is 5.02 Å². The number of benzene rings is 2. The number of carbonyl (C=O) groups excluding carboxylic acids is 1. The van der Waals surface area contributed by atoms with E-state index in [4.69, 9.17) is 16.0 Å². The molecule has 4 rings (SSSR count). The van der Waals surface area contributed by atoms with Gasteiger partial charge in [-0.25, -0.2) is 9.78 Å². The first-order valence-corrected chi connectivity index (χ1v) is 9.41. The van der Waals surface area contributed by atoms with Gasteiger partial charge in [0.15, 0.2) is 5.13 Å². The third-order valence-electron chi connectivity index (χ3n) is 4.04. The average Bonchev–Trinajstić information content (AvgIpc) is 3.15. The van der Waals surface area contributed by atoms with Crippen LogP contribution in [0.25, 0.3) is 22.2 Å². The van der Waals surface area contributed by atoms with Crippen LogP contribution >= 0.6 is 22.9 Å². The van der Waals surface area contributed by atoms with Gasteiger partial charge >= 0.3 is 5.63 Å². The lowest BCUT2D eigenvalue weighted by Gasteiger charge is -2.03. The molecule has 1 amide bonds. The summed E-state index contributed by atoms with van der Waals surface area (Å²) in [5.74, 6) is -0.718. The first kappa shape index (κ1) is 18.8. The highest BCUT2D eigenvalue weighted by atomic mass is 35.5. The van der Waals surface area contributed by atoms with Gasteiger partial charge in [0.1, 0.15) is 11.1 Å². The molecular weight excluding hydrogens is 418 g/mol. The van der Waals surface area contributed by atoms with Gasteiger partial charge < -0.3 is 4.42 Å². The Balaban J connectivity index is 1.62. The monoisotopic (exact) mass is 427 g/mol. The van der Waals surface area contributed by atoms with Crippen LogP contribution < -0.4 is 10.9 Å². The Labute approximate surface area is 171 Å². The number of thiazole rings is 1. The second kappa shape index (κ2) is 7.46. The van der Waals surface area contributed by atoms with E-state index in [1.807, 2.05) is 0 Å². The van der Waals surface area contributed by atoms with Gasteiger partial charge in [-0.15, -0.1) is 11.3 Å². The number of halogens is 1. The zero-order valence-electron chi connectivity index (χ0n) is 14.4. The molecule has 144 valence electrons. The van der Waals surface area contributed by atoms with Gasteiger partial charge in [-0.05, 0) is 24.3 Å². The molecule has 0 aliphatic carbocycles. The van der Waals surface area contributed by atoms with Crippen LogP contribution in [0.5, 0.6) is 0 Å². The summed E-state index contributed by atoms with van der Waals surface area (Å²) in [4.78, 5) is 39.4. The second-order valence-corrected chi connectivity index (χ2v) is 7.22. The van der Waals surface area contributed by atoms with Gasteiger partial charge in [0.05, 0.1) is 10.6 Å². The first-order valence-electron chi connectivity index (χ1n) is 8.16. The number of hydrogen-bond acceptors (Lipinski definition) is 7. The number of amides is 1. The van der Waals surface area contributed by atoms with Crippen LogP contribution in [0, 0.1) is 10.1 Å². The summed E-state index contributed by atoms with van der Waals surface area (Å²) in [7, 11) is 0. The molecule has 10 heteroatoms. The van der Waals surface area contributed by atoms with Crippen molar-refractivity contribution in [3.8, 4) is 11.3 Å². The molecule has 8 nitrogen and oxygen atoms in total. The lowest BCUT2D eigenvalue weighted by atomic mass is 10.1. The number of nitro benzene ring substituents is 1. The fourth-order valence-electron chi connectivity index (χ4n) is 2.63. The van der Waals surface area contributed by atoms with Crippen molar-refractivity contribution in [2.24, 2.45) is 0 Å². The summed E-state index contributed by atoms with van der Waals surface area (Å²) in [6.45, 7) is 0. The van der Waals surface area contributed by atoms with Gasteiger partial charge in [0, 0.05) is 33.5 Å². The van der Waals surface area contributed by atoms with Crippen LogP contribution in [-0.2, 0) is 0 Å². The molecule has 2 heterocycles. The highest BCUT2D eigenvalue weighted by Gasteiger charge is 2.17. The minimum absolute atomic E-state index is 0.149. The van der Waals surface area contributed by atoms with Crippen molar-refractivity contribution in [2.75, 3.05) is 5.32 Å². The van der Waals surface area contributed by atoms with Crippen LogP contribution in [0.1, 0.15) is 10.4 Å². The fourth-order valence-corrected chi connectivity index (χ4v) is 3.47. The third kappa shape index (κ3) is 3.86. The number of hydrogen-bond donors (Lipinski definition) is 1. The lowest BCUT2D eigenvalue weighted by Crippen LogP contribution is -2.20. The standard InChI is InChI=1S/C19H10ClN3O5S/c20-12-3-1-10(2-4-12)15-9-29-19(21-15)22-17(24)14-8-11-7-13(23(26)27)5-6-16(11)28-18(14)25/h1-9H,(H,21,22,24). The van der Waals surface area contributed by atoms with E-state index in [1.54, 1.807) is 29.6 Å². The summed E-state index contributed by atoms with van der Waals surface area (Å²) in [6.07, 6.45) is 0. The number of fused-ring (bicyclic) bond motifs is 1. The number of non-ortho nitro benzene ring substituents is 1. The number of anilines is 1. The van der Waals surface area contributed by atoms with E-state index in [0.29, 0.717) is 15.8 Å². The number of rotatable bonds is 4. The molecule has 0 atom stereocenters. The maximum atomic E-state index is 12.5. The lowest BCUT2D eigenvalue weighted by molar-refractivity contribution is -0.384. The van der Waals surface area contributed by atoms with Crippen molar-refractivity contribution >= 4 is 50.6 Å². The highest BCUT2D eigenvalue weighted by molar-refractivity contribution is 7.14. The number of nitrogens with zero attached hydrogens (tertiary/aromatic N) is 2. The van der Waals surface area contributed by atoms with E-state index in [9.17, 15) is 19.7 Å². The molecule has 2 aromatic heterocycles. The molecule has 2 aromatic carbocycles. The van der Waals surface area contributed by atoms with Crippen LogP contribution in [0.4, 0.5) is 10.8 Å². The number of nitro groups is 1. The minimum Gasteiger partial charge on any atom is -0.422 e. The van der Waals surface area contributed by atoms with Gasteiger partial charge in [-0.3, -0.25) is 20.2 Å². The molecule has 0 fully saturated rings. The second-order valence-electron chi connectivity index (χ2n) is 5.93. The molecule has 0 saturated carbocycles. The minimum atomic E-state index is -0.849. The van der Waals surface area contributed by atoms with Gasteiger partial charge in [-0.1, -0.05) is 23.7 Å².